The Labute approximate surface area is 209 Å². The van der Waals surface area contributed by atoms with E-state index in [1.165, 1.54) is 0 Å². The van der Waals surface area contributed by atoms with Crippen LogP contribution in [0.25, 0.3) is 0 Å². The number of amides is 4. The molecule has 0 bridgehead atoms. The fourth-order valence-corrected chi connectivity index (χ4v) is 4.22. The number of carbonyl (C=O) groups excluding carboxylic acids is 6. The first-order chi connectivity index (χ1) is 17.8. The molecular weight excluding hydrogens is 513 g/mol. The zero-order valence-electron chi connectivity index (χ0n) is 18.5. The van der Waals surface area contributed by atoms with Gasteiger partial charge < -0.3 is 19.8 Å². The van der Waals surface area contributed by atoms with Gasteiger partial charge >= 0.3 is 6.18 Å². The molecule has 2 aliphatic heterocycles. The number of fused-ring (bicyclic) bond motifs is 2. The van der Waals surface area contributed by atoms with Crippen LogP contribution in [0.3, 0.4) is 0 Å². The standard InChI is InChI=1S/C25H11F3N2O8/c26-25(27,28)12-7-13(29-19(31)15-3-1-10(23(35)36)5-17(15)21(29)33)9-14(8-12)30-20(32)16-4-2-11(24(37)38)6-18(16)22(30)34/h1-9H,(H,35,36)(H,37,38)/p-2. The van der Waals surface area contributed by atoms with Crippen molar-refractivity contribution in [1.82, 2.24) is 0 Å². The second-order valence-corrected chi connectivity index (χ2v) is 8.22. The fraction of sp³-hybridized carbons (Fsp3) is 0.0400. The van der Waals surface area contributed by atoms with Gasteiger partial charge in [-0.1, -0.05) is 12.1 Å². The molecule has 0 spiro atoms. The highest BCUT2D eigenvalue weighted by atomic mass is 19.4. The summed E-state index contributed by atoms with van der Waals surface area (Å²) < 4.78 is 41.4. The van der Waals surface area contributed by atoms with E-state index in [9.17, 15) is 52.2 Å². The Morgan fingerprint density at radius 3 is 1.29 bits per heavy atom. The summed E-state index contributed by atoms with van der Waals surface area (Å²) in [5.74, 6) is -7.72. The molecule has 0 aliphatic carbocycles. The van der Waals surface area contributed by atoms with Gasteiger partial charge in [0.25, 0.3) is 23.6 Å². The molecule has 4 amide bonds. The number of carbonyl (C=O) groups is 6. The van der Waals surface area contributed by atoms with E-state index in [1.807, 2.05) is 0 Å². The lowest BCUT2D eigenvalue weighted by atomic mass is 10.1. The number of imide groups is 2. The number of anilines is 2. The van der Waals surface area contributed by atoms with E-state index in [1.54, 1.807) is 0 Å². The summed E-state index contributed by atoms with van der Waals surface area (Å²) in [6, 6.07) is 7.42. The fourth-order valence-electron chi connectivity index (χ4n) is 4.22. The summed E-state index contributed by atoms with van der Waals surface area (Å²) in [5, 5.41) is 22.3. The molecule has 0 radical (unpaired) electrons. The monoisotopic (exact) mass is 522 g/mol. The summed E-state index contributed by atoms with van der Waals surface area (Å²) in [6.07, 6.45) is -5.05. The Morgan fingerprint density at radius 2 is 0.947 bits per heavy atom. The van der Waals surface area contributed by atoms with Gasteiger partial charge in [-0.25, -0.2) is 9.80 Å². The molecule has 190 valence electrons. The molecule has 0 aromatic heterocycles. The smallest absolute Gasteiger partial charge is 0.416 e. The van der Waals surface area contributed by atoms with E-state index < -0.39 is 80.9 Å². The number of aromatic carboxylic acids is 2. The van der Waals surface area contributed by atoms with Crippen molar-refractivity contribution in [2.24, 2.45) is 0 Å². The lowest BCUT2D eigenvalue weighted by Crippen LogP contribution is -2.32. The number of benzene rings is 3. The van der Waals surface area contributed by atoms with Gasteiger partial charge in [0.15, 0.2) is 0 Å². The summed E-state index contributed by atoms with van der Waals surface area (Å²) in [4.78, 5) is 74.9. The first-order valence-electron chi connectivity index (χ1n) is 10.5. The van der Waals surface area contributed by atoms with Crippen LogP contribution in [-0.2, 0) is 6.18 Å². The number of carboxylic acid groups (broad SMARTS) is 2. The van der Waals surface area contributed by atoms with Crippen LogP contribution in [-0.4, -0.2) is 35.6 Å². The molecule has 3 aromatic rings. The van der Waals surface area contributed by atoms with E-state index in [0.29, 0.717) is 21.9 Å². The van der Waals surface area contributed by atoms with Crippen molar-refractivity contribution in [3.05, 3.63) is 93.5 Å². The predicted molar refractivity (Wildman–Crippen MR) is 115 cm³/mol. The molecule has 0 saturated heterocycles. The highest BCUT2D eigenvalue weighted by Gasteiger charge is 2.42. The summed E-state index contributed by atoms with van der Waals surface area (Å²) in [5.41, 5.74) is -4.96. The first kappa shape index (κ1) is 24.4. The summed E-state index contributed by atoms with van der Waals surface area (Å²) in [7, 11) is 0. The lowest BCUT2D eigenvalue weighted by Gasteiger charge is -2.21. The zero-order valence-corrected chi connectivity index (χ0v) is 18.5. The molecule has 0 saturated carbocycles. The average Bonchev–Trinajstić information content (AvgIpc) is 3.26. The maximum atomic E-state index is 13.8. The van der Waals surface area contributed by atoms with Crippen LogP contribution in [0.2, 0.25) is 0 Å². The van der Waals surface area contributed by atoms with Crippen LogP contribution in [0.15, 0.2) is 54.6 Å². The molecule has 0 unspecified atom stereocenters. The number of hydrogen-bond acceptors (Lipinski definition) is 8. The number of nitrogens with zero attached hydrogens (tertiary/aromatic N) is 2. The Balaban J connectivity index is 1.63. The highest BCUT2D eigenvalue weighted by Crippen LogP contribution is 2.40. The van der Waals surface area contributed by atoms with Crippen LogP contribution in [0.1, 0.15) is 67.7 Å². The van der Waals surface area contributed by atoms with Gasteiger partial charge in [0.2, 0.25) is 0 Å². The second-order valence-electron chi connectivity index (χ2n) is 8.22. The molecule has 38 heavy (non-hydrogen) atoms. The Bertz CT molecular complexity index is 1550. The molecule has 2 heterocycles. The topological polar surface area (TPSA) is 155 Å². The zero-order chi connectivity index (χ0) is 27.7. The largest absolute Gasteiger partial charge is 0.545 e. The molecule has 3 aromatic carbocycles. The van der Waals surface area contributed by atoms with Crippen molar-refractivity contribution in [1.29, 1.82) is 0 Å². The average molecular weight is 522 g/mol. The minimum atomic E-state index is -5.05. The second kappa shape index (κ2) is 8.09. The van der Waals surface area contributed by atoms with Gasteiger partial charge in [0, 0.05) is 0 Å². The quantitative estimate of drug-likeness (QED) is 0.460. The predicted octanol–water partition coefficient (Wildman–Crippen LogP) is 1.03. The van der Waals surface area contributed by atoms with Crippen molar-refractivity contribution in [3.63, 3.8) is 0 Å². The summed E-state index contributed by atoms with van der Waals surface area (Å²) in [6.45, 7) is 0. The maximum Gasteiger partial charge on any atom is 0.416 e. The Kier molecular flexibility index (Phi) is 5.19. The maximum absolute atomic E-state index is 13.8. The van der Waals surface area contributed by atoms with E-state index in [4.69, 9.17) is 0 Å². The minimum Gasteiger partial charge on any atom is -0.545 e. The molecule has 13 heteroatoms. The molecule has 0 fully saturated rings. The van der Waals surface area contributed by atoms with E-state index in [-0.39, 0.29) is 11.1 Å². The molecule has 5 rings (SSSR count). The van der Waals surface area contributed by atoms with Gasteiger partial charge in [-0.3, -0.25) is 19.2 Å². The number of carboxylic acids is 2. The molecular formula is C25H9F3N2O8-2. The van der Waals surface area contributed by atoms with E-state index in [0.717, 1.165) is 42.5 Å². The Morgan fingerprint density at radius 1 is 0.579 bits per heavy atom. The van der Waals surface area contributed by atoms with Crippen molar-refractivity contribution >= 4 is 46.9 Å². The normalized spacial score (nSPS) is 14.7. The van der Waals surface area contributed by atoms with Crippen LogP contribution >= 0.6 is 0 Å². The first-order valence-corrected chi connectivity index (χ1v) is 10.5. The molecule has 0 N–H and O–H groups in total. The van der Waals surface area contributed by atoms with Crippen LogP contribution < -0.4 is 20.0 Å². The van der Waals surface area contributed by atoms with Crippen LogP contribution in [0, 0.1) is 0 Å². The van der Waals surface area contributed by atoms with Gasteiger partial charge in [-0.15, -0.1) is 0 Å². The van der Waals surface area contributed by atoms with Crippen LogP contribution in [0.5, 0.6) is 0 Å². The Hall–Kier alpha value is -5.33. The van der Waals surface area contributed by atoms with Gasteiger partial charge in [0.05, 0.1) is 51.1 Å². The van der Waals surface area contributed by atoms with Crippen LogP contribution in [0.4, 0.5) is 24.5 Å². The van der Waals surface area contributed by atoms with Gasteiger partial charge in [-0.05, 0) is 53.6 Å². The minimum absolute atomic E-state index is 0.283. The number of alkyl halides is 3. The summed E-state index contributed by atoms with van der Waals surface area (Å²) >= 11 is 0. The number of rotatable bonds is 4. The lowest BCUT2D eigenvalue weighted by molar-refractivity contribution is -0.256. The van der Waals surface area contributed by atoms with Crippen molar-refractivity contribution in [2.45, 2.75) is 6.18 Å². The third-order valence-electron chi connectivity index (χ3n) is 5.99. The molecule has 0 atom stereocenters. The highest BCUT2D eigenvalue weighted by molar-refractivity contribution is 6.36. The third-order valence-corrected chi connectivity index (χ3v) is 5.99. The number of hydrogen-bond donors (Lipinski definition) is 0. The van der Waals surface area contributed by atoms with E-state index in [2.05, 4.69) is 0 Å². The SMILES string of the molecule is O=C([O-])c1ccc2c(c1)C(=O)N(c1cc(N3C(=O)c4ccc(C(=O)[O-])cc4C3=O)cc(C(F)(F)F)c1)C2=O. The van der Waals surface area contributed by atoms with Gasteiger partial charge in [-0.2, -0.15) is 13.2 Å². The molecule has 2 aliphatic rings. The third kappa shape index (κ3) is 3.59. The van der Waals surface area contributed by atoms with Crippen molar-refractivity contribution < 1.29 is 52.2 Å². The van der Waals surface area contributed by atoms with Crippen molar-refractivity contribution in [2.75, 3.05) is 9.80 Å². The van der Waals surface area contributed by atoms with E-state index >= 15 is 0 Å². The van der Waals surface area contributed by atoms with Gasteiger partial charge in [0.1, 0.15) is 0 Å². The van der Waals surface area contributed by atoms with Crippen molar-refractivity contribution in [3.8, 4) is 0 Å². The number of halogens is 3. The molecule has 10 nitrogen and oxygen atoms in total.